The second-order valence-electron chi connectivity index (χ2n) is 4.91. The van der Waals surface area contributed by atoms with Crippen molar-refractivity contribution in [3.8, 4) is 0 Å². The highest BCUT2D eigenvalue weighted by Crippen LogP contribution is 2.28. The number of benzene rings is 1. The average Bonchev–Trinajstić information content (AvgIpc) is 3.17. The number of halogens is 1. The molecule has 0 bridgehead atoms. The molecule has 0 aliphatic heterocycles. The molecule has 3 nitrogen and oxygen atoms in total. The number of ether oxygens (including phenoxy) is 1. The van der Waals surface area contributed by atoms with E-state index < -0.39 is 0 Å². The second kappa shape index (κ2) is 6.41. The maximum absolute atomic E-state index is 13.5. The summed E-state index contributed by atoms with van der Waals surface area (Å²) in [6.07, 6.45) is 2.42. The average molecular weight is 282 g/mol. The van der Waals surface area contributed by atoms with Crippen LogP contribution in [0.1, 0.15) is 24.0 Å². The molecule has 19 heavy (non-hydrogen) atoms. The Labute approximate surface area is 118 Å². The molecule has 0 atom stereocenters. The molecule has 104 valence electrons. The van der Waals surface area contributed by atoms with E-state index in [-0.39, 0.29) is 10.8 Å². The van der Waals surface area contributed by atoms with E-state index in [1.807, 2.05) is 6.07 Å². The molecular weight excluding hydrogens is 263 g/mol. The molecule has 0 radical (unpaired) electrons. The lowest BCUT2D eigenvalue weighted by atomic mass is 10.1. The maximum atomic E-state index is 13.5. The Hall–Kier alpha value is -1.04. The molecule has 0 aromatic heterocycles. The van der Waals surface area contributed by atoms with E-state index in [9.17, 15) is 4.39 Å². The lowest BCUT2D eigenvalue weighted by Crippen LogP contribution is -2.29. The number of methoxy groups -OCH3 is 1. The van der Waals surface area contributed by atoms with Crippen LogP contribution in [0.15, 0.2) is 18.2 Å². The molecule has 2 N–H and O–H groups in total. The van der Waals surface area contributed by atoms with Gasteiger partial charge in [0.25, 0.3) is 0 Å². The zero-order valence-corrected chi connectivity index (χ0v) is 11.9. The third-order valence-electron chi connectivity index (χ3n) is 3.27. The van der Waals surface area contributed by atoms with Crippen molar-refractivity contribution in [1.29, 1.82) is 0 Å². The topological polar surface area (TPSA) is 38.5 Å². The smallest absolute Gasteiger partial charge is 0.124 e. The fourth-order valence-corrected chi connectivity index (χ4v) is 2.28. The van der Waals surface area contributed by atoms with Gasteiger partial charge in [-0.2, -0.15) is 0 Å². The van der Waals surface area contributed by atoms with Crippen LogP contribution >= 0.6 is 12.2 Å². The van der Waals surface area contributed by atoms with Gasteiger partial charge in [0.2, 0.25) is 0 Å². The summed E-state index contributed by atoms with van der Waals surface area (Å²) < 4.78 is 18.7. The summed E-state index contributed by atoms with van der Waals surface area (Å²) in [7, 11) is 1.69. The molecule has 5 heteroatoms. The van der Waals surface area contributed by atoms with Crippen LogP contribution in [0.25, 0.3) is 0 Å². The van der Waals surface area contributed by atoms with Crippen molar-refractivity contribution in [3.05, 3.63) is 35.1 Å². The molecule has 1 aliphatic rings. The highest BCUT2D eigenvalue weighted by Gasteiger charge is 2.28. The summed E-state index contributed by atoms with van der Waals surface area (Å²) in [5, 5.41) is 0. The quantitative estimate of drug-likeness (QED) is 0.777. The van der Waals surface area contributed by atoms with E-state index in [2.05, 4.69) is 4.90 Å². The number of hydrogen-bond acceptors (Lipinski definition) is 3. The molecular formula is C14H19FN2OS. The van der Waals surface area contributed by atoms with E-state index in [1.54, 1.807) is 13.2 Å². The minimum Gasteiger partial charge on any atom is -0.389 e. The number of nitrogens with two attached hydrogens (primary N) is 1. The van der Waals surface area contributed by atoms with Gasteiger partial charge < -0.3 is 10.5 Å². The van der Waals surface area contributed by atoms with Gasteiger partial charge in [-0.15, -0.1) is 0 Å². The van der Waals surface area contributed by atoms with Crippen LogP contribution in [0.2, 0.25) is 0 Å². The normalized spacial score (nSPS) is 14.9. The van der Waals surface area contributed by atoms with Gasteiger partial charge in [-0.1, -0.05) is 12.2 Å². The Morgan fingerprint density at radius 2 is 2.21 bits per heavy atom. The number of nitrogens with zero attached hydrogens (tertiary/aromatic N) is 1. The third kappa shape index (κ3) is 4.23. The Morgan fingerprint density at radius 3 is 2.79 bits per heavy atom. The summed E-state index contributed by atoms with van der Waals surface area (Å²) in [6.45, 7) is 2.26. The molecule has 1 aromatic carbocycles. The summed E-state index contributed by atoms with van der Waals surface area (Å²) >= 11 is 4.91. The van der Waals surface area contributed by atoms with Crippen molar-refractivity contribution in [2.75, 3.05) is 20.3 Å². The van der Waals surface area contributed by atoms with Crippen LogP contribution < -0.4 is 5.73 Å². The lowest BCUT2D eigenvalue weighted by molar-refractivity contribution is 0.139. The SMILES string of the molecule is COCCN(Cc1cc(F)cc(C(N)=S)c1)C1CC1. The zero-order valence-electron chi connectivity index (χ0n) is 11.1. The standard InChI is InChI=1S/C14H19FN2OS/c1-18-5-4-17(13-2-3-13)9-10-6-11(14(16)19)8-12(15)7-10/h6-8,13H,2-5,9H2,1H3,(H2,16,19). The molecule has 0 spiro atoms. The Balaban J connectivity index is 2.09. The second-order valence-corrected chi connectivity index (χ2v) is 5.35. The monoisotopic (exact) mass is 282 g/mol. The Kier molecular flexibility index (Phi) is 4.85. The molecule has 0 amide bonds. The summed E-state index contributed by atoms with van der Waals surface area (Å²) in [6, 6.07) is 5.40. The van der Waals surface area contributed by atoms with Gasteiger partial charge in [0, 0.05) is 31.8 Å². The van der Waals surface area contributed by atoms with E-state index in [1.165, 1.54) is 18.9 Å². The van der Waals surface area contributed by atoms with Crippen LogP contribution in [0.5, 0.6) is 0 Å². The van der Waals surface area contributed by atoms with E-state index in [4.69, 9.17) is 22.7 Å². The van der Waals surface area contributed by atoms with Gasteiger partial charge >= 0.3 is 0 Å². The fraction of sp³-hybridized carbons (Fsp3) is 0.500. The van der Waals surface area contributed by atoms with Crippen LogP contribution in [-0.4, -0.2) is 36.2 Å². The van der Waals surface area contributed by atoms with Crippen molar-refractivity contribution in [1.82, 2.24) is 4.90 Å². The van der Waals surface area contributed by atoms with Crippen molar-refractivity contribution >= 4 is 17.2 Å². The van der Waals surface area contributed by atoms with Crippen LogP contribution in [0.4, 0.5) is 4.39 Å². The molecule has 1 aromatic rings. The first-order valence-electron chi connectivity index (χ1n) is 6.42. The van der Waals surface area contributed by atoms with E-state index in [0.29, 0.717) is 24.8 Å². The van der Waals surface area contributed by atoms with Gasteiger partial charge in [0.1, 0.15) is 10.8 Å². The maximum Gasteiger partial charge on any atom is 0.124 e. The molecule has 0 saturated heterocycles. The molecule has 2 rings (SSSR count). The highest BCUT2D eigenvalue weighted by molar-refractivity contribution is 7.80. The first kappa shape index (κ1) is 14.4. The Morgan fingerprint density at radius 1 is 1.47 bits per heavy atom. The van der Waals surface area contributed by atoms with Crippen molar-refractivity contribution in [2.24, 2.45) is 5.73 Å². The molecule has 0 heterocycles. The van der Waals surface area contributed by atoms with Gasteiger partial charge in [-0.05, 0) is 36.6 Å². The van der Waals surface area contributed by atoms with Crippen LogP contribution in [0.3, 0.4) is 0 Å². The largest absolute Gasteiger partial charge is 0.389 e. The summed E-state index contributed by atoms with van der Waals surface area (Å²) in [4.78, 5) is 2.55. The van der Waals surface area contributed by atoms with Crippen LogP contribution in [0, 0.1) is 5.82 Å². The predicted octanol–water partition coefficient (Wildman–Crippen LogP) is 2.07. The minimum absolute atomic E-state index is 0.232. The summed E-state index contributed by atoms with van der Waals surface area (Å²) in [5.74, 6) is -0.289. The fourth-order valence-electron chi connectivity index (χ4n) is 2.16. The van der Waals surface area contributed by atoms with Crippen molar-refractivity contribution in [3.63, 3.8) is 0 Å². The van der Waals surface area contributed by atoms with E-state index >= 15 is 0 Å². The zero-order chi connectivity index (χ0) is 13.8. The molecule has 1 saturated carbocycles. The van der Waals surface area contributed by atoms with Gasteiger partial charge in [0.15, 0.2) is 0 Å². The first-order chi connectivity index (χ1) is 9.10. The number of thiocarbonyl (C=S) groups is 1. The first-order valence-corrected chi connectivity index (χ1v) is 6.83. The number of hydrogen-bond donors (Lipinski definition) is 1. The molecule has 0 unspecified atom stereocenters. The van der Waals surface area contributed by atoms with Crippen molar-refractivity contribution in [2.45, 2.75) is 25.4 Å². The Bertz CT molecular complexity index is 463. The third-order valence-corrected chi connectivity index (χ3v) is 3.51. The molecule has 1 fully saturated rings. The van der Waals surface area contributed by atoms with Gasteiger partial charge in [0.05, 0.1) is 6.61 Å². The van der Waals surface area contributed by atoms with Crippen LogP contribution in [-0.2, 0) is 11.3 Å². The van der Waals surface area contributed by atoms with Crippen molar-refractivity contribution < 1.29 is 9.13 Å². The molecule has 1 aliphatic carbocycles. The highest BCUT2D eigenvalue weighted by atomic mass is 32.1. The van der Waals surface area contributed by atoms with Gasteiger partial charge in [-0.3, -0.25) is 4.90 Å². The number of rotatable bonds is 7. The van der Waals surface area contributed by atoms with E-state index in [0.717, 1.165) is 12.1 Å². The predicted molar refractivity (Wildman–Crippen MR) is 77.6 cm³/mol. The lowest BCUT2D eigenvalue weighted by Gasteiger charge is -2.22. The summed E-state index contributed by atoms with van der Waals surface area (Å²) in [5.41, 5.74) is 7.06. The minimum atomic E-state index is -0.289. The van der Waals surface area contributed by atoms with Gasteiger partial charge in [-0.25, -0.2) is 4.39 Å².